The van der Waals surface area contributed by atoms with Crippen molar-refractivity contribution in [3.05, 3.63) is 48.6 Å². The molecule has 0 aromatic rings. The van der Waals surface area contributed by atoms with E-state index in [0.717, 1.165) is 83.5 Å². The Morgan fingerprint density at radius 3 is 0.968 bits per heavy atom. The predicted octanol–water partition coefficient (Wildman–Crippen LogP) is 17.9. The van der Waals surface area contributed by atoms with E-state index in [-0.39, 0.29) is 31.1 Å². The summed E-state index contributed by atoms with van der Waals surface area (Å²) in [5.41, 5.74) is 0. The van der Waals surface area contributed by atoms with E-state index in [1.54, 1.807) is 0 Å². The van der Waals surface area contributed by atoms with Gasteiger partial charge in [-0.1, -0.05) is 249 Å². The Balaban J connectivity index is 4.20. The van der Waals surface area contributed by atoms with Gasteiger partial charge in [0.15, 0.2) is 6.10 Å². The Labute approximate surface area is 390 Å². The van der Waals surface area contributed by atoms with E-state index in [2.05, 4.69) is 69.4 Å². The van der Waals surface area contributed by atoms with Gasteiger partial charge in [0.05, 0.1) is 0 Å². The van der Waals surface area contributed by atoms with Gasteiger partial charge in [-0.15, -0.1) is 0 Å². The second-order valence-corrected chi connectivity index (χ2v) is 18.1. The van der Waals surface area contributed by atoms with Gasteiger partial charge in [0.1, 0.15) is 13.2 Å². The van der Waals surface area contributed by atoms with Gasteiger partial charge in [-0.05, 0) is 57.8 Å². The monoisotopic (exact) mass is 883 g/mol. The molecule has 0 bridgehead atoms. The van der Waals surface area contributed by atoms with Crippen LogP contribution in [0, 0.1) is 0 Å². The Morgan fingerprint density at radius 2 is 0.619 bits per heavy atom. The predicted molar refractivity (Wildman–Crippen MR) is 270 cm³/mol. The van der Waals surface area contributed by atoms with Crippen LogP contribution in [-0.4, -0.2) is 37.2 Å². The van der Waals surface area contributed by atoms with Crippen molar-refractivity contribution < 1.29 is 28.6 Å². The largest absolute Gasteiger partial charge is 0.462 e. The molecule has 0 N–H and O–H groups in total. The lowest BCUT2D eigenvalue weighted by atomic mass is 10.0. The minimum atomic E-state index is -0.768. The first kappa shape index (κ1) is 60.4. The Hall–Kier alpha value is -2.63. The number of rotatable bonds is 49. The van der Waals surface area contributed by atoms with E-state index in [4.69, 9.17) is 14.2 Å². The van der Waals surface area contributed by atoms with Gasteiger partial charge in [0.25, 0.3) is 0 Å². The van der Waals surface area contributed by atoms with E-state index in [9.17, 15) is 14.4 Å². The van der Waals surface area contributed by atoms with Crippen LogP contribution in [0.4, 0.5) is 0 Å². The van der Waals surface area contributed by atoms with Crippen molar-refractivity contribution in [2.24, 2.45) is 0 Å². The van der Waals surface area contributed by atoms with Crippen LogP contribution in [0.15, 0.2) is 48.6 Å². The van der Waals surface area contributed by atoms with Crippen molar-refractivity contribution in [3.8, 4) is 0 Å². The van der Waals surface area contributed by atoms with Crippen LogP contribution in [-0.2, 0) is 28.6 Å². The molecule has 0 rings (SSSR count). The standard InChI is InChI=1S/C57H102O6/c1-4-7-10-13-16-19-21-23-25-26-27-28-29-30-31-32-33-35-36-38-41-44-47-50-56(59)62-53-54(52-61-55(58)49-46-43-40-18-15-12-9-6-3)63-57(60)51-48-45-42-39-37-34-24-22-20-17-14-11-8-5-2/h7,10,16,19,23,25,27-28,54H,4-6,8-9,11-15,17-18,20-22,24,26,29-53H2,1-3H3/b10-7-,19-16-,25-23-,28-27-. The number of hydrogen-bond donors (Lipinski definition) is 0. The van der Waals surface area contributed by atoms with Gasteiger partial charge in [0.2, 0.25) is 0 Å². The smallest absolute Gasteiger partial charge is 0.306 e. The fourth-order valence-corrected chi connectivity index (χ4v) is 7.79. The van der Waals surface area contributed by atoms with Crippen molar-refractivity contribution in [2.45, 2.75) is 284 Å². The summed E-state index contributed by atoms with van der Waals surface area (Å²) < 4.78 is 16.8. The third kappa shape index (κ3) is 50.2. The lowest BCUT2D eigenvalue weighted by Crippen LogP contribution is -2.30. The van der Waals surface area contributed by atoms with Gasteiger partial charge < -0.3 is 14.2 Å². The molecule has 0 radical (unpaired) electrons. The van der Waals surface area contributed by atoms with Gasteiger partial charge in [-0.3, -0.25) is 14.4 Å². The Kier molecular flexibility index (Phi) is 49.8. The van der Waals surface area contributed by atoms with Crippen LogP contribution in [0.1, 0.15) is 278 Å². The second-order valence-electron chi connectivity index (χ2n) is 18.1. The normalized spacial score (nSPS) is 12.4. The SMILES string of the molecule is CC/C=C\C/C=C\C/C=C\C/C=C\CCCCCCCCCCCCC(=O)OCC(COC(=O)CCCCCCCCCC)OC(=O)CCCCCCCCCCCCCCCC. The molecule has 0 heterocycles. The maximum absolute atomic E-state index is 12.8. The maximum Gasteiger partial charge on any atom is 0.306 e. The fourth-order valence-electron chi connectivity index (χ4n) is 7.79. The summed E-state index contributed by atoms with van der Waals surface area (Å²) in [6.45, 7) is 6.52. The highest BCUT2D eigenvalue weighted by molar-refractivity contribution is 5.71. The number of ether oxygens (including phenoxy) is 3. The average Bonchev–Trinajstić information content (AvgIpc) is 3.28. The molecule has 0 saturated carbocycles. The maximum atomic E-state index is 12.8. The second kappa shape index (κ2) is 52.0. The number of carbonyl (C=O) groups excluding carboxylic acids is 3. The van der Waals surface area contributed by atoms with Crippen LogP contribution >= 0.6 is 0 Å². The molecule has 0 fully saturated rings. The van der Waals surface area contributed by atoms with Gasteiger partial charge in [-0.2, -0.15) is 0 Å². The molecule has 0 spiro atoms. The molecular weight excluding hydrogens is 781 g/mol. The summed E-state index contributed by atoms with van der Waals surface area (Å²) in [5.74, 6) is -0.868. The van der Waals surface area contributed by atoms with Crippen molar-refractivity contribution in [1.29, 1.82) is 0 Å². The van der Waals surface area contributed by atoms with E-state index >= 15 is 0 Å². The molecule has 366 valence electrons. The molecule has 1 unspecified atom stereocenters. The zero-order valence-electron chi connectivity index (χ0n) is 41.8. The summed E-state index contributed by atoms with van der Waals surface area (Å²) in [6.07, 6.45) is 62.5. The molecule has 0 aromatic heterocycles. The van der Waals surface area contributed by atoms with E-state index in [0.29, 0.717) is 19.3 Å². The first-order valence-corrected chi connectivity index (χ1v) is 27.1. The lowest BCUT2D eigenvalue weighted by Gasteiger charge is -2.18. The molecule has 0 aromatic carbocycles. The third-order valence-electron chi connectivity index (χ3n) is 11.8. The van der Waals surface area contributed by atoms with Crippen LogP contribution in [0.2, 0.25) is 0 Å². The molecule has 6 heteroatoms. The highest BCUT2D eigenvalue weighted by Crippen LogP contribution is 2.16. The molecule has 6 nitrogen and oxygen atoms in total. The summed E-state index contributed by atoms with van der Waals surface area (Å²) in [6, 6.07) is 0. The van der Waals surface area contributed by atoms with Crippen LogP contribution in [0.5, 0.6) is 0 Å². The number of allylic oxidation sites excluding steroid dienone is 8. The first-order chi connectivity index (χ1) is 31.0. The summed E-state index contributed by atoms with van der Waals surface area (Å²) in [7, 11) is 0. The minimum absolute atomic E-state index is 0.0705. The minimum Gasteiger partial charge on any atom is -0.462 e. The summed E-state index contributed by atoms with van der Waals surface area (Å²) in [5, 5.41) is 0. The van der Waals surface area contributed by atoms with Crippen molar-refractivity contribution in [2.75, 3.05) is 13.2 Å². The molecule has 0 amide bonds. The van der Waals surface area contributed by atoms with E-state index in [1.807, 2.05) is 0 Å². The number of unbranched alkanes of at least 4 members (excludes halogenated alkanes) is 30. The number of esters is 3. The topological polar surface area (TPSA) is 78.9 Å². The average molecular weight is 883 g/mol. The molecule has 0 aliphatic heterocycles. The zero-order chi connectivity index (χ0) is 45.8. The van der Waals surface area contributed by atoms with Crippen LogP contribution in [0.25, 0.3) is 0 Å². The third-order valence-corrected chi connectivity index (χ3v) is 11.8. The molecule has 1 atom stereocenters. The quantitative estimate of drug-likeness (QED) is 0.0262. The molecular formula is C57H102O6. The highest BCUT2D eigenvalue weighted by atomic mass is 16.6. The number of carbonyl (C=O) groups is 3. The van der Waals surface area contributed by atoms with Gasteiger partial charge in [-0.25, -0.2) is 0 Å². The first-order valence-electron chi connectivity index (χ1n) is 27.1. The Morgan fingerprint density at radius 1 is 0.333 bits per heavy atom. The molecule has 0 aliphatic rings. The zero-order valence-corrected chi connectivity index (χ0v) is 41.8. The van der Waals surface area contributed by atoms with Crippen LogP contribution in [0.3, 0.4) is 0 Å². The summed E-state index contributed by atoms with van der Waals surface area (Å²) in [4.78, 5) is 37.9. The Bertz CT molecular complexity index is 1110. The van der Waals surface area contributed by atoms with Gasteiger partial charge >= 0.3 is 17.9 Å². The van der Waals surface area contributed by atoms with E-state index in [1.165, 1.54) is 154 Å². The van der Waals surface area contributed by atoms with Crippen molar-refractivity contribution in [3.63, 3.8) is 0 Å². The molecule has 63 heavy (non-hydrogen) atoms. The molecule has 0 saturated heterocycles. The lowest BCUT2D eigenvalue weighted by molar-refractivity contribution is -0.167. The van der Waals surface area contributed by atoms with Crippen LogP contribution < -0.4 is 0 Å². The van der Waals surface area contributed by atoms with Gasteiger partial charge in [0, 0.05) is 19.3 Å². The van der Waals surface area contributed by atoms with Crippen molar-refractivity contribution in [1.82, 2.24) is 0 Å². The van der Waals surface area contributed by atoms with E-state index < -0.39 is 6.10 Å². The van der Waals surface area contributed by atoms with Crippen molar-refractivity contribution >= 4 is 17.9 Å². The summed E-state index contributed by atoms with van der Waals surface area (Å²) >= 11 is 0. The molecule has 0 aliphatic carbocycles. The highest BCUT2D eigenvalue weighted by Gasteiger charge is 2.19. The fraction of sp³-hybridized carbons (Fsp3) is 0.807. The number of hydrogen-bond acceptors (Lipinski definition) is 6.